The van der Waals surface area contributed by atoms with Gasteiger partial charge < -0.3 is 19.3 Å². The van der Waals surface area contributed by atoms with E-state index < -0.39 is 60.1 Å². The van der Waals surface area contributed by atoms with Gasteiger partial charge in [0, 0.05) is 20.4 Å². The molecule has 2 aliphatic heterocycles. The van der Waals surface area contributed by atoms with E-state index in [4.69, 9.17) is 14.2 Å². The summed E-state index contributed by atoms with van der Waals surface area (Å²) in [6.45, 7) is 11.5. The number of cyclic esters (lactones) is 1. The molecule has 2 fully saturated rings. The smallest absolute Gasteiger partial charge is 0.338 e. The maximum atomic E-state index is 12.8. The molecule has 0 bridgehead atoms. The van der Waals surface area contributed by atoms with Gasteiger partial charge in [0.2, 0.25) is 10.0 Å². The van der Waals surface area contributed by atoms with Gasteiger partial charge in [-0.25, -0.2) is 17.9 Å². The number of hydrogen-bond donors (Lipinski definition) is 2. The van der Waals surface area contributed by atoms with Crippen LogP contribution in [0.1, 0.15) is 27.2 Å². The Labute approximate surface area is 167 Å². The van der Waals surface area contributed by atoms with Gasteiger partial charge in [-0.05, 0) is 26.8 Å². The van der Waals surface area contributed by atoms with Crippen molar-refractivity contribution in [3.05, 3.63) is 11.3 Å². The van der Waals surface area contributed by atoms with Crippen LogP contribution in [0.3, 0.4) is 0 Å². The number of carbonyl (C=O) groups is 1. The van der Waals surface area contributed by atoms with Crippen molar-refractivity contribution in [1.82, 2.24) is 4.72 Å². The number of sulfonamides is 1. The molecule has 10 heteroatoms. The highest BCUT2D eigenvalue weighted by Gasteiger charge is 2.57. The number of esters is 1. The first-order valence-electron chi connectivity index (χ1n) is 9.68. The lowest BCUT2D eigenvalue weighted by Gasteiger charge is -2.43. The normalized spacial score (nSPS) is 35.4. The summed E-state index contributed by atoms with van der Waals surface area (Å²) in [4.78, 5) is 12.5. The maximum Gasteiger partial charge on any atom is 0.338 e. The lowest BCUT2D eigenvalue weighted by molar-refractivity contribution is -0.161. The summed E-state index contributed by atoms with van der Waals surface area (Å²) >= 11 is 0. The summed E-state index contributed by atoms with van der Waals surface area (Å²) < 4.78 is 45.5. The topological polar surface area (TPSA) is 111 Å². The fourth-order valence-corrected chi connectivity index (χ4v) is 8.49. The Balaban J connectivity index is 1.91. The van der Waals surface area contributed by atoms with Crippen LogP contribution in [0, 0.1) is 5.92 Å². The Kier molecular flexibility index (Phi) is 5.50. The van der Waals surface area contributed by atoms with E-state index in [0.717, 1.165) is 0 Å². The Hall–Kier alpha value is -0.943. The van der Waals surface area contributed by atoms with Crippen molar-refractivity contribution in [1.29, 1.82) is 0 Å². The first-order valence-corrected chi connectivity index (χ1v) is 15.0. The molecule has 8 nitrogen and oxygen atoms in total. The predicted molar refractivity (Wildman–Crippen MR) is 106 cm³/mol. The molecule has 2 N–H and O–H groups in total. The van der Waals surface area contributed by atoms with Crippen molar-refractivity contribution < 1.29 is 32.5 Å². The van der Waals surface area contributed by atoms with E-state index in [0.29, 0.717) is 6.04 Å². The van der Waals surface area contributed by atoms with E-state index in [9.17, 15) is 18.3 Å². The molecule has 0 aromatic rings. The predicted octanol–water partition coefficient (Wildman–Crippen LogP) is 1.91. The van der Waals surface area contributed by atoms with Gasteiger partial charge in [0.05, 0.1) is 29.6 Å². The van der Waals surface area contributed by atoms with E-state index in [1.165, 1.54) is 0 Å². The number of aliphatic hydroxyl groups excluding tert-OH is 1. The van der Waals surface area contributed by atoms with E-state index in [2.05, 4.69) is 24.4 Å². The van der Waals surface area contributed by atoms with Gasteiger partial charge in [0.15, 0.2) is 5.79 Å². The lowest BCUT2D eigenvalue weighted by atomic mass is 9.75. The third-order valence-electron chi connectivity index (χ3n) is 5.46. The average Bonchev–Trinajstić information content (AvgIpc) is 2.81. The van der Waals surface area contributed by atoms with Gasteiger partial charge in [-0.2, -0.15) is 0 Å². The second kappa shape index (κ2) is 7.08. The molecule has 0 amide bonds. The van der Waals surface area contributed by atoms with Crippen molar-refractivity contribution in [2.45, 2.75) is 83.0 Å². The van der Waals surface area contributed by atoms with E-state index in [1.807, 2.05) is 0 Å². The molecule has 28 heavy (non-hydrogen) atoms. The van der Waals surface area contributed by atoms with Crippen LogP contribution in [-0.2, 0) is 29.0 Å². The zero-order valence-electron chi connectivity index (χ0n) is 17.3. The molecule has 0 radical (unpaired) electrons. The van der Waals surface area contributed by atoms with Crippen LogP contribution in [0.25, 0.3) is 0 Å². The first-order chi connectivity index (χ1) is 12.7. The van der Waals surface area contributed by atoms with Crippen molar-refractivity contribution >= 4 is 24.1 Å². The molecular formula is C18H31NO7SSi. The number of carbonyl (C=O) groups excluding carboxylic acids is 1. The van der Waals surface area contributed by atoms with Crippen LogP contribution >= 0.6 is 0 Å². The monoisotopic (exact) mass is 433 g/mol. The zero-order valence-corrected chi connectivity index (χ0v) is 19.1. The molecule has 3 aliphatic rings. The van der Waals surface area contributed by atoms with Crippen LogP contribution in [0.5, 0.6) is 0 Å². The average molecular weight is 434 g/mol. The Morgan fingerprint density at radius 3 is 2.50 bits per heavy atom. The minimum absolute atomic E-state index is 0.0224. The molecule has 1 aliphatic carbocycles. The molecular weight excluding hydrogens is 402 g/mol. The minimum Gasteiger partial charge on any atom is -0.512 e. The van der Waals surface area contributed by atoms with Gasteiger partial charge >= 0.3 is 5.97 Å². The first kappa shape index (κ1) is 21.8. The second-order valence-corrected chi connectivity index (χ2v) is 17.1. The SMILES string of the molecule is C[C@H]1OC(=O)C2=C(O)C[C@H]3OC(C)(C)O[C@@H]3[C@H]2[C@H]1NS(=O)(=O)CC[Si](C)(C)C. The third-order valence-corrected chi connectivity index (χ3v) is 8.94. The van der Waals surface area contributed by atoms with Crippen molar-refractivity contribution in [2.24, 2.45) is 5.92 Å². The highest BCUT2D eigenvalue weighted by molar-refractivity contribution is 7.89. The quantitative estimate of drug-likeness (QED) is 0.503. The molecule has 0 aromatic heterocycles. The number of hydrogen-bond acceptors (Lipinski definition) is 7. The highest BCUT2D eigenvalue weighted by Crippen LogP contribution is 2.46. The number of aliphatic hydroxyl groups is 1. The summed E-state index contributed by atoms with van der Waals surface area (Å²) in [6.07, 6.45) is -1.54. The van der Waals surface area contributed by atoms with E-state index >= 15 is 0 Å². The number of rotatable bonds is 5. The summed E-state index contributed by atoms with van der Waals surface area (Å²) in [5.41, 5.74) is 0.0959. The Morgan fingerprint density at radius 1 is 1.25 bits per heavy atom. The molecule has 0 saturated carbocycles. The molecule has 0 aromatic carbocycles. The summed E-state index contributed by atoms with van der Waals surface area (Å²) in [5.74, 6) is -2.26. The maximum absolute atomic E-state index is 12.8. The van der Waals surface area contributed by atoms with E-state index in [1.54, 1.807) is 20.8 Å². The van der Waals surface area contributed by atoms with Crippen LogP contribution in [-0.4, -0.2) is 63.5 Å². The van der Waals surface area contributed by atoms with Gasteiger partial charge in [-0.15, -0.1) is 0 Å². The molecule has 5 atom stereocenters. The Morgan fingerprint density at radius 2 is 1.89 bits per heavy atom. The lowest BCUT2D eigenvalue weighted by Crippen LogP contribution is -2.60. The number of nitrogens with one attached hydrogen (secondary N) is 1. The largest absolute Gasteiger partial charge is 0.512 e. The van der Waals surface area contributed by atoms with Gasteiger partial charge in [-0.3, -0.25) is 0 Å². The summed E-state index contributed by atoms with van der Waals surface area (Å²) in [7, 11) is -5.14. The van der Waals surface area contributed by atoms with Crippen molar-refractivity contribution in [2.75, 3.05) is 5.75 Å². The molecule has 3 rings (SSSR count). The van der Waals surface area contributed by atoms with Crippen LogP contribution < -0.4 is 4.72 Å². The standard InChI is InChI=1S/C18H31NO7SSi/c1-10-15(19-27(22,23)7-8-28(4,5)6)14-13(17(21)24-10)11(20)9-12-16(14)26-18(2,3)25-12/h10,12,14-16,19-20H,7-9H2,1-6H3/t10-,12-,14-,15+,16+/m1/s1. The van der Waals surface area contributed by atoms with Gasteiger partial charge in [0.1, 0.15) is 11.9 Å². The summed E-state index contributed by atoms with van der Waals surface area (Å²) in [6, 6.07) is -0.104. The summed E-state index contributed by atoms with van der Waals surface area (Å²) in [5, 5.41) is 10.5. The molecule has 0 spiro atoms. The van der Waals surface area contributed by atoms with E-state index in [-0.39, 0.29) is 23.5 Å². The number of ether oxygens (including phenoxy) is 3. The van der Waals surface area contributed by atoms with Gasteiger partial charge in [0.25, 0.3) is 0 Å². The fourth-order valence-electron chi connectivity index (χ4n) is 4.09. The van der Waals surface area contributed by atoms with Crippen molar-refractivity contribution in [3.8, 4) is 0 Å². The number of fused-ring (bicyclic) bond motifs is 3. The zero-order chi connectivity index (χ0) is 21.1. The highest BCUT2D eigenvalue weighted by atomic mass is 32.2. The van der Waals surface area contributed by atoms with Crippen LogP contribution in [0.15, 0.2) is 11.3 Å². The van der Waals surface area contributed by atoms with Crippen LogP contribution in [0.4, 0.5) is 0 Å². The minimum atomic E-state index is -3.60. The third kappa shape index (κ3) is 4.45. The molecule has 2 saturated heterocycles. The molecule has 2 heterocycles. The molecule has 0 unspecified atom stereocenters. The Bertz CT molecular complexity index is 786. The van der Waals surface area contributed by atoms with Crippen molar-refractivity contribution in [3.63, 3.8) is 0 Å². The fraction of sp³-hybridized carbons (Fsp3) is 0.833. The van der Waals surface area contributed by atoms with Crippen LogP contribution in [0.2, 0.25) is 25.7 Å². The second-order valence-electron chi connectivity index (χ2n) is 9.61. The van der Waals surface area contributed by atoms with Gasteiger partial charge in [-0.1, -0.05) is 19.6 Å². The molecule has 160 valence electrons.